The highest BCUT2D eigenvalue weighted by atomic mass is 16.2. The zero-order valence-corrected chi connectivity index (χ0v) is 13.1. The smallest absolute Gasteiger partial charge is 0.274 e. The molecule has 2 rings (SSSR count). The number of anilines is 1. The van der Waals surface area contributed by atoms with Gasteiger partial charge in [-0.1, -0.05) is 0 Å². The van der Waals surface area contributed by atoms with Crippen LogP contribution in [0.25, 0.3) is 0 Å². The Morgan fingerprint density at radius 2 is 2.10 bits per heavy atom. The van der Waals surface area contributed by atoms with E-state index in [1.807, 2.05) is 6.92 Å². The Hall–Kier alpha value is -2.05. The SMILES string of the molecule is CCn1nc(C)c(N)c1C(=O)N1CCCC1C(=O)N(C)C. The van der Waals surface area contributed by atoms with Crippen LogP contribution in [-0.4, -0.2) is 58.1 Å². The third-order valence-electron chi connectivity index (χ3n) is 3.92. The van der Waals surface area contributed by atoms with Crippen molar-refractivity contribution in [2.45, 2.75) is 39.3 Å². The number of carbonyl (C=O) groups is 2. The fraction of sp³-hybridized carbons (Fsp3) is 0.643. The van der Waals surface area contributed by atoms with Gasteiger partial charge in [0.1, 0.15) is 11.7 Å². The average molecular weight is 293 g/mol. The molecule has 116 valence electrons. The molecule has 0 spiro atoms. The lowest BCUT2D eigenvalue weighted by molar-refractivity contribution is -0.132. The third-order valence-corrected chi connectivity index (χ3v) is 3.92. The molecule has 7 nitrogen and oxygen atoms in total. The first kappa shape index (κ1) is 15.3. The van der Waals surface area contributed by atoms with Crippen molar-refractivity contribution in [3.63, 3.8) is 0 Å². The number of amides is 2. The summed E-state index contributed by atoms with van der Waals surface area (Å²) in [6, 6.07) is -0.396. The molecule has 0 aromatic carbocycles. The van der Waals surface area contributed by atoms with E-state index in [2.05, 4.69) is 5.10 Å². The molecule has 0 aliphatic carbocycles. The number of hydrogen-bond acceptors (Lipinski definition) is 4. The van der Waals surface area contributed by atoms with Crippen molar-refractivity contribution in [3.05, 3.63) is 11.4 Å². The number of aryl methyl sites for hydroxylation is 2. The monoisotopic (exact) mass is 293 g/mol. The van der Waals surface area contributed by atoms with E-state index in [0.29, 0.717) is 36.6 Å². The standard InChI is InChI=1S/C14H23N5O2/c1-5-19-12(11(15)9(2)16-19)14(21)18-8-6-7-10(18)13(20)17(3)4/h10H,5-8,15H2,1-4H3. The van der Waals surface area contributed by atoms with Crippen LogP contribution in [0.5, 0.6) is 0 Å². The molecule has 0 radical (unpaired) electrons. The van der Waals surface area contributed by atoms with Gasteiger partial charge in [0.25, 0.3) is 5.91 Å². The number of likely N-dealkylation sites (tertiary alicyclic amines) is 1. The van der Waals surface area contributed by atoms with E-state index in [1.165, 1.54) is 4.90 Å². The van der Waals surface area contributed by atoms with E-state index in [9.17, 15) is 9.59 Å². The Bertz CT molecular complexity index is 564. The number of hydrogen-bond donors (Lipinski definition) is 1. The molecule has 2 heterocycles. The highest BCUT2D eigenvalue weighted by Crippen LogP contribution is 2.25. The highest BCUT2D eigenvalue weighted by molar-refractivity contribution is 6.00. The topological polar surface area (TPSA) is 84.5 Å². The maximum atomic E-state index is 12.8. The summed E-state index contributed by atoms with van der Waals surface area (Å²) in [6.45, 7) is 4.84. The average Bonchev–Trinajstić information content (AvgIpc) is 3.03. The van der Waals surface area contributed by atoms with Crippen molar-refractivity contribution in [1.29, 1.82) is 0 Å². The number of nitrogen functional groups attached to an aromatic ring is 1. The molecular formula is C14H23N5O2. The summed E-state index contributed by atoms with van der Waals surface area (Å²) in [5.74, 6) is -0.244. The van der Waals surface area contributed by atoms with E-state index in [0.717, 1.165) is 6.42 Å². The van der Waals surface area contributed by atoms with Crippen LogP contribution >= 0.6 is 0 Å². The fourth-order valence-electron chi connectivity index (χ4n) is 2.75. The molecule has 1 aliphatic rings. The van der Waals surface area contributed by atoms with Crippen molar-refractivity contribution in [1.82, 2.24) is 19.6 Å². The summed E-state index contributed by atoms with van der Waals surface area (Å²) in [7, 11) is 3.41. The van der Waals surface area contributed by atoms with Crippen LogP contribution in [0.3, 0.4) is 0 Å². The first-order valence-corrected chi connectivity index (χ1v) is 7.23. The van der Waals surface area contributed by atoms with E-state index >= 15 is 0 Å². The summed E-state index contributed by atoms with van der Waals surface area (Å²) in [5.41, 5.74) is 7.45. The molecule has 1 atom stereocenters. The van der Waals surface area contributed by atoms with Crippen LogP contribution in [0.4, 0.5) is 5.69 Å². The lowest BCUT2D eigenvalue weighted by atomic mass is 10.2. The lowest BCUT2D eigenvalue weighted by Crippen LogP contribution is -2.46. The van der Waals surface area contributed by atoms with Gasteiger partial charge >= 0.3 is 0 Å². The minimum Gasteiger partial charge on any atom is -0.395 e. The van der Waals surface area contributed by atoms with Gasteiger partial charge in [-0.3, -0.25) is 14.3 Å². The molecule has 2 N–H and O–H groups in total. The highest BCUT2D eigenvalue weighted by Gasteiger charge is 2.37. The Morgan fingerprint density at radius 3 is 2.67 bits per heavy atom. The zero-order valence-electron chi connectivity index (χ0n) is 13.1. The number of nitrogens with zero attached hydrogens (tertiary/aromatic N) is 4. The van der Waals surface area contributed by atoms with E-state index in [1.54, 1.807) is 30.6 Å². The number of nitrogens with two attached hydrogens (primary N) is 1. The molecule has 1 fully saturated rings. The summed E-state index contributed by atoms with van der Waals surface area (Å²) >= 11 is 0. The van der Waals surface area contributed by atoms with Gasteiger partial charge in [-0.25, -0.2) is 0 Å². The van der Waals surface area contributed by atoms with Crippen molar-refractivity contribution >= 4 is 17.5 Å². The largest absolute Gasteiger partial charge is 0.395 e. The molecule has 1 aromatic rings. The van der Waals surface area contributed by atoms with Crippen molar-refractivity contribution < 1.29 is 9.59 Å². The minimum atomic E-state index is -0.396. The maximum absolute atomic E-state index is 12.8. The Labute approximate surface area is 124 Å². The Kier molecular flexibility index (Phi) is 4.20. The van der Waals surface area contributed by atoms with E-state index in [-0.39, 0.29) is 11.8 Å². The van der Waals surface area contributed by atoms with Crippen LogP contribution in [0.1, 0.15) is 35.9 Å². The molecule has 0 bridgehead atoms. The van der Waals surface area contributed by atoms with Crippen LogP contribution in [0.15, 0.2) is 0 Å². The minimum absolute atomic E-state index is 0.0429. The van der Waals surface area contributed by atoms with Crippen LogP contribution in [0, 0.1) is 6.92 Å². The normalized spacial score (nSPS) is 18.1. The van der Waals surface area contributed by atoms with E-state index < -0.39 is 6.04 Å². The molecule has 21 heavy (non-hydrogen) atoms. The second kappa shape index (κ2) is 5.75. The quantitative estimate of drug-likeness (QED) is 0.879. The number of likely N-dealkylation sites (N-methyl/N-ethyl adjacent to an activating group) is 1. The summed E-state index contributed by atoms with van der Waals surface area (Å²) < 4.78 is 1.61. The van der Waals surface area contributed by atoms with Crippen molar-refractivity contribution in [2.24, 2.45) is 0 Å². The van der Waals surface area contributed by atoms with Crippen LogP contribution in [-0.2, 0) is 11.3 Å². The number of aromatic nitrogens is 2. The molecule has 1 aromatic heterocycles. The van der Waals surface area contributed by atoms with Gasteiger partial charge in [0.15, 0.2) is 0 Å². The molecule has 1 unspecified atom stereocenters. The van der Waals surface area contributed by atoms with Gasteiger partial charge in [-0.05, 0) is 26.7 Å². The van der Waals surface area contributed by atoms with Gasteiger partial charge in [0.05, 0.1) is 11.4 Å². The fourth-order valence-corrected chi connectivity index (χ4v) is 2.75. The van der Waals surface area contributed by atoms with Gasteiger partial charge in [0.2, 0.25) is 5.91 Å². The first-order chi connectivity index (χ1) is 9.88. The predicted octanol–water partition coefficient (Wildman–Crippen LogP) is 0.486. The van der Waals surface area contributed by atoms with Crippen molar-refractivity contribution in [3.8, 4) is 0 Å². The number of rotatable bonds is 3. The second-order valence-corrected chi connectivity index (χ2v) is 5.55. The summed E-state index contributed by atoms with van der Waals surface area (Å²) in [5, 5.41) is 4.27. The Morgan fingerprint density at radius 1 is 1.43 bits per heavy atom. The van der Waals surface area contributed by atoms with Gasteiger partial charge in [-0.2, -0.15) is 5.10 Å². The molecule has 0 saturated carbocycles. The number of carbonyl (C=O) groups excluding carboxylic acids is 2. The molecule has 1 aliphatic heterocycles. The van der Waals surface area contributed by atoms with Gasteiger partial charge in [0, 0.05) is 27.2 Å². The molecule has 1 saturated heterocycles. The maximum Gasteiger partial charge on any atom is 0.274 e. The van der Waals surface area contributed by atoms with Gasteiger partial charge in [-0.15, -0.1) is 0 Å². The van der Waals surface area contributed by atoms with E-state index in [4.69, 9.17) is 5.73 Å². The zero-order chi connectivity index (χ0) is 15.7. The lowest BCUT2D eigenvalue weighted by Gasteiger charge is -2.26. The summed E-state index contributed by atoms with van der Waals surface area (Å²) in [6.07, 6.45) is 1.52. The Balaban J connectivity index is 2.33. The third kappa shape index (κ3) is 2.59. The van der Waals surface area contributed by atoms with Crippen LogP contribution in [0.2, 0.25) is 0 Å². The van der Waals surface area contributed by atoms with Crippen LogP contribution < -0.4 is 5.73 Å². The molecular weight excluding hydrogens is 270 g/mol. The molecule has 7 heteroatoms. The molecule has 2 amide bonds. The first-order valence-electron chi connectivity index (χ1n) is 7.23. The second-order valence-electron chi connectivity index (χ2n) is 5.55. The predicted molar refractivity (Wildman–Crippen MR) is 79.8 cm³/mol. The summed E-state index contributed by atoms with van der Waals surface area (Å²) in [4.78, 5) is 28.2. The van der Waals surface area contributed by atoms with Gasteiger partial charge < -0.3 is 15.5 Å². The van der Waals surface area contributed by atoms with Crippen molar-refractivity contribution in [2.75, 3.05) is 26.4 Å².